The predicted molar refractivity (Wildman–Crippen MR) is 151 cm³/mol. The van der Waals surface area contributed by atoms with Gasteiger partial charge in [-0.2, -0.15) is 4.80 Å². The fraction of sp³-hybridized carbons (Fsp3) is 0.0370. The summed E-state index contributed by atoms with van der Waals surface area (Å²) in [6, 6.07) is 22.1. The van der Waals surface area contributed by atoms with Crippen LogP contribution >= 0.6 is 35.4 Å². The van der Waals surface area contributed by atoms with Crippen molar-refractivity contribution < 1.29 is 9.21 Å². The molecule has 0 atom stereocenters. The van der Waals surface area contributed by atoms with Crippen molar-refractivity contribution in [2.75, 3.05) is 5.32 Å². The fourth-order valence-corrected chi connectivity index (χ4v) is 4.05. The highest BCUT2D eigenvalue weighted by Gasteiger charge is 2.12. The van der Waals surface area contributed by atoms with Gasteiger partial charge in [-0.05, 0) is 85.9 Å². The van der Waals surface area contributed by atoms with Crippen molar-refractivity contribution in [2.24, 2.45) is 0 Å². The summed E-state index contributed by atoms with van der Waals surface area (Å²) in [4.78, 5) is 13.9. The lowest BCUT2D eigenvalue weighted by Gasteiger charge is -2.09. The highest BCUT2D eigenvalue weighted by atomic mass is 35.5. The van der Waals surface area contributed by atoms with Crippen molar-refractivity contribution in [1.29, 1.82) is 0 Å². The number of amides is 1. The first-order chi connectivity index (χ1) is 17.8. The highest BCUT2D eigenvalue weighted by molar-refractivity contribution is 7.80. The Morgan fingerprint density at radius 1 is 0.973 bits per heavy atom. The molecule has 5 aromatic rings. The number of hydrogen-bond acceptors (Lipinski definition) is 5. The van der Waals surface area contributed by atoms with Crippen LogP contribution in [0.4, 0.5) is 5.69 Å². The number of hydrogen-bond donors (Lipinski definition) is 2. The summed E-state index contributed by atoms with van der Waals surface area (Å²) in [5.41, 5.74) is 4.61. The van der Waals surface area contributed by atoms with E-state index in [0.29, 0.717) is 38.3 Å². The molecule has 3 aromatic carbocycles. The summed E-state index contributed by atoms with van der Waals surface area (Å²) in [5.74, 6) is 0.756. The van der Waals surface area contributed by atoms with Crippen LogP contribution in [-0.4, -0.2) is 26.0 Å². The van der Waals surface area contributed by atoms with Gasteiger partial charge in [0.15, 0.2) is 5.11 Å². The van der Waals surface area contributed by atoms with E-state index in [1.807, 2.05) is 49.4 Å². The van der Waals surface area contributed by atoms with Crippen molar-refractivity contribution in [2.45, 2.75) is 6.92 Å². The van der Waals surface area contributed by atoms with Crippen molar-refractivity contribution >= 4 is 69.2 Å². The van der Waals surface area contributed by atoms with Crippen molar-refractivity contribution in [3.63, 3.8) is 0 Å². The van der Waals surface area contributed by atoms with E-state index in [-0.39, 0.29) is 5.11 Å². The zero-order chi connectivity index (χ0) is 25.9. The van der Waals surface area contributed by atoms with Crippen LogP contribution in [0.5, 0.6) is 0 Å². The topological polar surface area (TPSA) is 85.0 Å². The Balaban J connectivity index is 1.23. The van der Waals surface area contributed by atoms with Gasteiger partial charge in [0.2, 0.25) is 5.91 Å². The quantitative estimate of drug-likeness (QED) is 0.185. The predicted octanol–water partition coefficient (Wildman–Crippen LogP) is 6.82. The maximum absolute atomic E-state index is 12.4. The van der Waals surface area contributed by atoms with Crippen LogP contribution in [0, 0.1) is 6.92 Å². The second kappa shape index (κ2) is 10.6. The molecule has 0 aliphatic rings. The molecule has 5 rings (SSSR count). The molecule has 0 unspecified atom stereocenters. The monoisotopic (exact) mass is 547 g/mol. The maximum atomic E-state index is 12.4. The van der Waals surface area contributed by atoms with Crippen LogP contribution in [0.1, 0.15) is 11.3 Å². The zero-order valence-electron chi connectivity index (χ0n) is 19.4. The molecule has 0 saturated heterocycles. The molecule has 37 heavy (non-hydrogen) atoms. The number of carbonyl (C=O) groups excluding carboxylic acids is 1. The molecule has 2 aromatic heterocycles. The maximum Gasteiger partial charge on any atom is 0.250 e. The Bertz CT molecular complexity index is 1640. The third kappa shape index (κ3) is 5.89. The Kier molecular flexibility index (Phi) is 7.05. The number of anilines is 1. The largest absolute Gasteiger partial charge is 0.457 e. The Morgan fingerprint density at radius 2 is 1.68 bits per heavy atom. The van der Waals surface area contributed by atoms with Crippen LogP contribution in [0.15, 0.2) is 83.3 Å². The Labute approximate surface area is 227 Å². The van der Waals surface area contributed by atoms with Gasteiger partial charge in [-0.3, -0.25) is 10.1 Å². The van der Waals surface area contributed by atoms with Crippen LogP contribution < -0.4 is 10.6 Å². The van der Waals surface area contributed by atoms with Crippen LogP contribution in [0.2, 0.25) is 10.0 Å². The fourth-order valence-electron chi connectivity index (χ4n) is 3.50. The summed E-state index contributed by atoms with van der Waals surface area (Å²) in [5, 5.41) is 15.7. The number of halogens is 2. The second-order valence-corrected chi connectivity index (χ2v) is 9.38. The summed E-state index contributed by atoms with van der Waals surface area (Å²) in [6.07, 6.45) is 2.89. The van der Waals surface area contributed by atoms with Crippen molar-refractivity contribution in [3.05, 3.63) is 100 Å². The number of fused-ring (bicyclic) bond motifs is 1. The molecule has 0 aliphatic carbocycles. The lowest BCUT2D eigenvalue weighted by atomic mass is 10.2. The number of aryl methyl sites for hydroxylation is 1. The number of nitrogens with zero attached hydrogens (tertiary/aromatic N) is 3. The molecule has 10 heteroatoms. The van der Waals surface area contributed by atoms with Gasteiger partial charge in [0.05, 0.1) is 16.4 Å². The van der Waals surface area contributed by atoms with Crippen LogP contribution in [-0.2, 0) is 4.79 Å². The minimum absolute atomic E-state index is 0.0862. The molecule has 0 fully saturated rings. The van der Waals surface area contributed by atoms with Crippen LogP contribution in [0.3, 0.4) is 0 Å². The molecule has 0 aliphatic heterocycles. The molecular formula is C27H19Cl2N5O2S. The molecule has 0 saturated carbocycles. The molecule has 7 nitrogen and oxygen atoms in total. The van der Waals surface area contributed by atoms with Crippen molar-refractivity contribution in [1.82, 2.24) is 20.3 Å². The number of carbonyl (C=O) groups is 1. The van der Waals surface area contributed by atoms with E-state index in [4.69, 9.17) is 39.8 Å². The number of thiocarbonyl (C=S) groups is 1. The van der Waals surface area contributed by atoms with Crippen LogP contribution in [0.25, 0.3) is 34.1 Å². The third-order valence-electron chi connectivity index (χ3n) is 5.37. The van der Waals surface area contributed by atoms with E-state index >= 15 is 0 Å². The lowest BCUT2D eigenvalue weighted by molar-refractivity contribution is -0.115. The molecule has 0 bridgehead atoms. The van der Waals surface area contributed by atoms with Gasteiger partial charge in [0, 0.05) is 16.7 Å². The Morgan fingerprint density at radius 3 is 2.41 bits per heavy atom. The average Bonchev–Trinajstić information content (AvgIpc) is 3.51. The van der Waals surface area contributed by atoms with E-state index in [0.717, 1.165) is 16.8 Å². The van der Waals surface area contributed by atoms with E-state index in [1.54, 1.807) is 41.2 Å². The van der Waals surface area contributed by atoms with E-state index in [1.165, 1.54) is 6.08 Å². The average molecular weight is 548 g/mol. The number of furan rings is 1. The van der Waals surface area contributed by atoms with Gasteiger partial charge >= 0.3 is 0 Å². The summed E-state index contributed by atoms with van der Waals surface area (Å²) in [6.45, 7) is 2.02. The first-order valence-corrected chi connectivity index (χ1v) is 12.3. The SMILES string of the molecule is Cc1ccc(-n2nc3cc(Cl)c(NC(=S)NC(=O)/C=C/c4ccc(-c5ccc(Cl)cc5)o4)cc3n2)cc1. The Hall–Kier alpha value is -3.98. The van der Waals surface area contributed by atoms with Gasteiger partial charge in [-0.25, -0.2) is 0 Å². The van der Waals surface area contributed by atoms with Gasteiger partial charge in [0.25, 0.3) is 0 Å². The lowest BCUT2D eigenvalue weighted by Crippen LogP contribution is -2.32. The molecule has 0 spiro atoms. The number of aromatic nitrogens is 3. The normalized spacial score (nSPS) is 11.2. The number of benzene rings is 3. The van der Waals surface area contributed by atoms with E-state index < -0.39 is 5.91 Å². The molecule has 1 amide bonds. The molecular weight excluding hydrogens is 529 g/mol. The zero-order valence-corrected chi connectivity index (χ0v) is 21.7. The third-order valence-corrected chi connectivity index (χ3v) is 6.14. The smallest absolute Gasteiger partial charge is 0.250 e. The molecule has 0 radical (unpaired) electrons. The summed E-state index contributed by atoms with van der Waals surface area (Å²) in [7, 11) is 0. The molecule has 184 valence electrons. The number of rotatable bonds is 5. The molecule has 2 N–H and O–H groups in total. The first kappa shape index (κ1) is 24.7. The second-order valence-electron chi connectivity index (χ2n) is 8.13. The number of nitrogens with one attached hydrogen (secondary N) is 2. The first-order valence-electron chi connectivity index (χ1n) is 11.1. The van der Waals surface area contributed by atoms with Gasteiger partial charge in [-0.1, -0.05) is 40.9 Å². The standard InChI is InChI=1S/C27H19Cl2N5O2S/c1-16-2-8-19(9-3-16)34-32-23-14-21(29)22(15-24(23)33-34)30-27(37)31-26(35)13-11-20-10-12-25(36-20)17-4-6-18(28)7-5-17/h2-15H,1H3,(H2,30,31,35,37)/b13-11+. The van der Waals surface area contributed by atoms with Gasteiger partial charge in [0.1, 0.15) is 22.6 Å². The highest BCUT2D eigenvalue weighted by Crippen LogP contribution is 2.27. The van der Waals surface area contributed by atoms with Gasteiger partial charge in [-0.15, -0.1) is 10.2 Å². The minimum Gasteiger partial charge on any atom is -0.457 e. The summed E-state index contributed by atoms with van der Waals surface area (Å²) < 4.78 is 5.77. The van der Waals surface area contributed by atoms with Crippen molar-refractivity contribution in [3.8, 4) is 17.0 Å². The molecule has 2 heterocycles. The summed E-state index contributed by atoms with van der Waals surface area (Å²) >= 11 is 17.6. The minimum atomic E-state index is -0.426. The van der Waals surface area contributed by atoms with E-state index in [2.05, 4.69) is 20.8 Å². The van der Waals surface area contributed by atoms with E-state index in [9.17, 15) is 4.79 Å². The van der Waals surface area contributed by atoms with Gasteiger partial charge < -0.3 is 9.73 Å².